The SMILES string of the molecule is CCCCC1CCC(c2ccc(Oc3c(C)cc(P(O)NO)cc3C)c(F)c2F)CC1. The maximum absolute atomic E-state index is 14.9. The Labute approximate surface area is 184 Å². The Balaban J connectivity index is 1.76. The number of hydrogen-bond acceptors (Lipinski definition) is 4. The van der Waals surface area contributed by atoms with Gasteiger partial charge in [-0.1, -0.05) is 32.3 Å². The molecule has 31 heavy (non-hydrogen) atoms. The molecule has 2 aromatic rings. The first-order valence-corrected chi connectivity index (χ1v) is 12.3. The number of ether oxygens (including phenoxy) is 1. The summed E-state index contributed by atoms with van der Waals surface area (Å²) in [7, 11) is -1.89. The highest BCUT2D eigenvalue weighted by Gasteiger charge is 2.27. The zero-order valence-corrected chi connectivity index (χ0v) is 19.3. The minimum Gasteiger partial charge on any atom is -0.454 e. The van der Waals surface area contributed by atoms with E-state index in [2.05, 4.69) is 6.92 Å². The second-order valence-corrected chi connectivity index (χ2v) is 9.90. The van der Waals surface area contributed by atoms with Crippen molar-refractivity contribution in [1.82, 2.24) is 5.25 Å². The van der Waals surface area contributed by atoms with Gasteiger partial charge in [0.05, 0.1) is 0 Å². The van der Waals surface area contributed by atoms with Gasteiger partial charge in [-0.3, -0.25) is 0 Å². The van der Waals surface area contributed by atoms with Crippen LogP contribution >= 0.6 is 8.30 Å². The van der Waals surface area contributed by atoms with E-state index in [1.165, 1.54) is 25.3 Å². The van der Waals surface area contributed by atoms with E-state index in [0.29, 0.717) is 33.7 Å². The van der Waals surface area contributed by atoms with Crippen molar-refractivity contribution in [3.8, 4) is 11.5 Å². The number of aryl methyl sites for hydroxylation is 2. The van der Waals surface area contributed by atoms with Crippen LogP contribution in [0, 0.1) is 31.4 Å². The third-order valence-corrected chi connectivity index (χ3v) is 7.26. The van der Waals surface area contributed by atoms with Gasteiger partial charge in [-0.25, -0.2) is 4.39 Å². The molecule has 3 rings (SSSR count). The van der Waals surface area contributed by atoms with Gasteiger partial charge in [0.25, 0.3) is 0 Å². The van der Waals surface area contributed by atoms with Crippen molar-refractivity contribution < 1.29 is 23.6 Å². The Morgan fingerprint density at radius 2 is 1.71 bits per heavy atom. The quantitative estimate of drug-likeness (QED) is 0.307. The molecule has 170 valence electrons. The molecule has 2 aromatic carbocycles. The highest BCUT2D eigenvalue weighted by atomic mass is 31.2. The predicted molar refractivity (Wildman–Crippen MR) is 120 cm³/mol. The van der Waals surface area contributed by atoms with Crippen molar-refractivity contribution in [3.63, 3.8) is 0 Å². The fourth-order valence-corrected chi connectivity index (χ4v) is 5.32. The highest BCUT2D eigenvalue weighted by molar-refractivity contribution is 7.57. The summed E-state index contributed by atoms with van der Waals surface area (Å²) < 4.78 is 35.6. The summed E-state index contributed by atoms with van der Waals surface area (Å²) in [4.78, 5) is 9.81. The third kappa shape index (κ3) is 5.61. The van der Waals surface area contributed by atoms with Crippen LogP contribution in [-0.2, 0) is 0 Å². The normalized spacial score (nSPS) is 20.0. The van der Waals surface area contributed by atoms with Crippen LogP contribution in [0.5, 0.6) is 11.5 Å². The Kier molecular flexibility index (Phi) is 8.40. The van der Waals surface area contributed by atoms with E-state index in [1.54, 1.807) is 32.0 Å². The second kappa shape index (κ2) is 10.8. The monoisotopic (exact) mass is 451 g/mol. The number of halogens is 2. The molecule has 1 aliphatic rings. The molecule has 1 aliphatic carbocycles. The first-order chi connectivity index (χ1) is 14.8. The van der Waals surface area contributed by atoms with Gasteiger partial charge in [0.2, 0.25) is 5.82 Å². The zero-order valence-electron chi connectivity index (χ0n) is 18.4. The number of benzene rings is 2. The highest BCUT2D eigenvalue weighted by Crippen LogP contribution is 2.41. The summed E-state index contributed by atoms with van der Waals surface area (Å²) in [5.41, 5.74) is 1.75. The van der Waals surface area contributed by atoms with Gasteiger partial charge in [0, 0.05) is 5.30 Å². The van der Waals surface area contributed by atoms with E-state index in [9.17, 15) is 13.7 Å². The van der Waals surface area contributed by atoms with Gasteiger partial charge in [-0.2, -0.15) is 9.64 Å². The average Bonchev–Trinajstić information content (AvgIpc) is 2.77. The summed E-state index contributed by atoms with van der Waals surface area (Å²) in [6.07, 6.45) is 7.61. The Morgan fingerprint density at radius 3 is 2.29 bits per heavy atom. The van der Waals surface area contributed by atoms with Gasteiger partial charge in [-0.05, 0) is 86.3 Å². The molecule has 0 heterocycles. The lowest BCUT2D eigenvalue weighted by Crippen LogP contribution is -2.15. The van der Waals surface area contributed by atoms with Crippen molar-refractivity contribution in [2.24, 2.45) is 5.92 Å². The van der Waals surface area contributed by atoms with Crippen molar-refractivity contribution in [3.05, 3.63) is 52.6 Å². The topological polar surface area (TPSA) is 61.7 Å². The van der Waals surface area contributed by atoms with Gasteiger partial charge in [-0.15, -0.1) is 0 Å². The van der Waals surface area contributed by atoms with Crippen LogP contribution in [0.2, 0.25) is 0 Å². The molecule has 0 saturated heterocycles. The lowest BCUT2D eigenvalue weighted by Gasteiger charge is -2.29. The molecule has 3 N–H and O–H groups in total. The summed E-state index contributed by atoms with van der Waals surface area (Å²) in [5.74, 6) is -0.753. The van der Waals surface area contributed by atoms with Crippen LogP contribution in [0.1, 0.15) is 74.5 Å². The molecule has 0 amide bonds. The molecule has 1 atom stereocenters. The molecule has 1 unspecified atom stereocenters. The lowest BCUT2D eigenvalue weighted by atomic mass is 9.77. The predicted octanol–water partition coefficient (Wildman–Crippen LogP) is 6.75. The largest absolute Gasteiger partial charge is 0.454 e. The van der Waals surface area contributed by atoms with Crippen LogP contribution in [-0.4, -0.2) is 10.1 Å². The Hall–Kier alpha value is -1.59. The number of hydrogen-bond donors (Lipinski definition) is 3. The lowest BCUT2D eigenvalue weighted by molar-refractivity contribution is 0.241. The van der Waals surface area contributed by atoms with Crippen LogP contribution < -0.4 is 15.3 Å². The van der Waals surface area contributed by atoms with Gasteiger partial charge < -0.3 is 14.8 Å². The first-order valence-electron chi connectivity index (χ1n) is 11.0. The van der Waals surface area contributed by atoms with E-state index < -0.39 is 19.9 Å². The maximum Gasteiger partial charge on any atom is 0.201 e. The number of unbranched alkanes of at least 4 members (excludes halogenated alkanes) is 1. The van der Waals surface area contributed by atoms with Crippen LogP contribution in [0.3, 0.4) is 0 Å². The molecule has 1 saturated carbocycles. The third-order valence-electron chi connectivity index (χ3n) is 6.33. The molecule has 0 aliphatic heterocycles. The molecule has 0 spiro atoms. The minimum absolute atomic E-state index is 0.0546. The molecule has 0 radical (unpaired) electrons. The van der Waals surface area contributed by atoms with Crippen molar-refractivity contribution >= 4 is 13.6 Å². The summed E-state index contributed by atoms with van der Waals surface area (Å²) >= 11 is 0. The van der Waals surface area contributed by atoms with Crippen LogP contribution in [0.4, 0.5) is 8.78 Å². The zero-order chi connectivity index (χ0) is 22.5. The average molecular weight is 451 g/mol. The molecular formula is C24H32F2NO3P. The second-order valence-electron chi connectivity index (χ2n) is 8.56. The molecule has 0 aromatic heterocycles. The van der Waals surface area contributed by atoms with Crippen molar-refractivity contribution in [2.75, 3.05) is 0 Å². The Bertz CT molecular complexity index is 878. The van der Waals surface area contributed by atoms with E-state index in [4.69, 9.17) is 9.94 Å². The molecule has 4 nitrogen and oxygen atoms in total. The van der Waals surface area contributed by atoms with E-state index in [1.807, 2.05) is 5.25 Å². The molecule has 7 heteroatoms. The fourth-order valence-electron chi connectivity index (χ4n) is 4.57. The smallest absolute Gasteiger partial charge is 0.201 e. The maximum atomic E-state index is 14.9. The van der Waals surface area contributed by atoms with Gasteiger partial charge in [0.15, 0.2) is 19.9 Å². The van der Waals surface area contributed by atoms with E-state index >= 15 is 0 Å². The van der Waals surface area contributed by atoms with Crippen molar-refractivity contribution in [1.29, 1.82) is 0 Å². The van der Waals surface area contributed by atoms with E-state index in [-0.39, 0.29) is 11.7 Å². The van der Waals surface area contributed by atoms with Gasteiger partial charge in [0.1, 0.15) is 5.75 Å². The number of rotatable bonds is 8. The van der Waals surface area contributed by atoms with Crippen molar-refractivity contribution in [2.45, 2.75) is 71.6 Å². The summed E-state index contributed by atoms with van der Waals surface area (Å²) in [6, 6.07) is 6.47. The molecule has 1 fully saturated rings. The van der Waals surface area contributed by atoms with E-state index in [0.717, 1.165) is 25.7 Å². The summed E-state index contributed by atoms with van der Waals surface area (Å²) in [6.45, 7) is 5.71. The fraction of sp³-hybridized carbons (Fsp3) is 0.500. The molecular weight excluding hydrogens is 419 g/mol. The number of nitrogens with one attached hydrogen (secondary N) is 1. The minimum atomic E-state index is -1.89. The molecule has 0 bridgehead atoms. The van der Waals surface area contributed by atoms with Crippen LogP contribution in [0.25, 0.3) is 0 Å². The van der Waals surface area contributed by atoms with Gasteiger partial charge >= 0.3 is 0 Å². The summed E-state index contributed by atoms with van der Waals surface area (Å²) in [5, 5.41) is 11.3. The Morgan fingerprint density at radius 1 is 1.06 bits per heavy atom. The standard InChI is InChI=1S/C24H32F2NO3P/c1-4-5-6-17-7-9-18(10-8-17)20-11-12-21(23(26)22(20)25)30-24-15(2)13-19(14-16(24)3)31(29)27-28/h11-14,17-18,27-29H,4-10H2,1-3H3. The first kappa shape index (κ1) is 24.1. The van der Waals surface area contributed by atoms with Crippen LogP contribution in [0.15, 0.2) is 24.3 Å².